The van der Waals surface area contributed by atoms with E-state index in [0.717, 1.165) is 37.0 Å². The van der Waals surface area contributed by atoms with Crippen LogP contribution in [0.4, 0.5) is 0 Å². The Morgan fingerprint density at radius 1 is 1.07 bits per heavy atom. The molecule has 6 heteroatoms. The number of piperidine rings is 1. The summed E-state index contributed by atoms with van der Waals surface area (Å²) in [6.07, 6.45) is 7.03. The van der Waals surface area contributed by atoms with Crippen LogP contribution in [0.3, 0.4) is 0 Å². The van der Waals surface area contributed by atoms with Crippen molar-refractivity contribution in [3.8, 4) is 5.75 Å². The Balaban J connectivity index is 1.45. The normalized spacial score (nSPS) is 19.3. The molecule has 1 aromatic rings. The van der Waals surface area contributed by atoms with Gasteiger partial charge in [0.25, 0.3) is 0 Å². The fraction of sp³-hybridized carbons (Fsp3) is 0.682. The van der Waals surface area contributed by atoms with E-state index in [2.05, 4.69) is 0 Å². The van der Waals surface area contributed by atoms with Gasteiger partial charge in [-0.1, -0.05) is 12.1 Å². The van der Waals surface area contributed by atoms with Gasteiger partial charge < -0.3 is 9.64 Å². The minimum atomic E-state index is -3.01. The first-order chi connectivity index (χ1) is 13.3. The third kappa shape index (κ3) is 5.72. The summed E-state index contributed by atoms with van der Waals surface area (Å²) in [7, 11) is -3.01. The van der Waals surface area contributed by atoms with E-state index in [0.29, 0.717) is 25.6 Å². The number of sulfone groups is 1. The lowest BCUT2D eigenvalue weighted by Gasteiger charge is -2.32. The number of ether oxygens (including phenoxy) is 1. The Labute approximate surface area is 169 Å². The van der Waals surface area contributed by atoms with E-state index in [1.54, 1.807) is 13.8 Å². The van der Waals surface area contributed by atoms with Gasteiger partial charge in [-0.05, 0) is 76.0 Å². The predicted octanol–water partition coefficient (Wildman–Crippen LogP) is 3.61. The quantitative estimate of drug-likeness (QED) is 0.693. The first kappa shape index (κ1) is 21.2. The molecule has 1 amide bonds. The van der Waals surface area contributed by atoms with Gasteiger partial charge in [-0.2, -0.15) is 0 Å². The Kier molecular flexibility index (Phi) is 7.02. The number of likely N-dealkylation sites (tertiary alicyclic amines) is 1. The molecule has 2 aliphatic rings. The minimum absolute atomic E-state index is 0.120. The van der Waals surface area contributed by atoms with Crippen molar-refractivity contribution in [2.24, 2.45) is 5.92 Å². The van der Waals surface area contributed by atoms with Crippen LogP contribution in [0.2, 0.25) is 0 Å². The monoisotopic (exact) mass is 407 g/mol. The molecule has 0 N–H and O–H groups in total. The van der Waals surface area contributed by atoms with Gasteiger partial charge in [0.2, 0.25) is 5.91 Å². The van der Waals surface area contributed by atoms with Crippen molar-refractivity contribution in [2.45, 2.75) is 70.1 Å². The second-order valence-corrected chi connectivity index (χ2v) is 11.1. The third-order valence-corrected chi connectivity index (χ3v) is 8.41. The van der Waals surface area contributed by atoms with Gasteiger partial charge >= 0.3 is 0 Å². The van der Waals surface area contributed by atoms with Crippen molar-refractivity contribution in [1.29, 1.82) is 0 Å². The minimum Gasteiger partial charge on any atom is -0.490 e. The highest BCUT2D eigenvalue weighted by molar-refractivity contribution is 7.91. The largest absolute Gasteiger partial charge is 0.490 e. The summed E-state index contributed by atoms with van der Waals surface area (Å²) in [5.41, 5.74) is 0.994. The summed E-state index contributed by atoms with van der Waals surface area (Å²) in [6, 6.07) is 7.88. The molecule has 3 rings (SSSR count). The standard InChI is InChI=1S/C22H33NO4S/c1-17(2)28(25,26)16-19-11-13-23(14-12-19)22(24)15-18-7-9-21(10-8-18)27-20-5-3-4-6-20/h7-10,17,19-20H,3-6,11-16H2,1-2H3. The third-order valence-electron chi connectivity index (χ3n) is 6.04. The van der Waals surface area contributed by atoms with Crippen molar-refractivity contribution in [3.63, 3.8) is 0 Å². The fourth-order valence-electron chi connectivity index (χ4n) is 4.04. The molecule has 1 saturated carbocycles. The van der Waals surface area contributed by atoms with Crippen LogP contribution >= 0.6 is 0 Å². The highest BCUT2D eigenvalue weighted by Gasteiger charge is 2.28. The molecule has 0 bridgehead atoms. The molecule has 0 radical (unpaired) electrons. The van der Waals surface area contributed by atoms with Crippen molar-refractivity contribution < 1.29 is 17.9 Å². The molecule has 156 valence electrons. The van der Waals surface area contributed by atoms with Gasteiger partial charge in [-0.25, -0.2) is 8.42 Å². The van der Waals surface area contributed by atoms with Crippen molar-refractivity contribution in [2.75, 3.05) is 18.8 Å². The zero-order valence-corrected chi connectivity index (χ0v) is 17.9. The van der Waals surface area contributed by atoms with Gasteiger partial charge in [0.05, 0.1) is 23.5 Å². The maximum absolute atomic E-state index is 12.6. The van der Waals surface area contributed by atoms with Crippen LogP contribution in [0.15, 0.2) is 24.3 Å². The molecular weight excluding hydrogens is 374 g/mol. The van der Waals surface area contributed by atoms with E-state index in [-0.39, 0.29) is 22.8 Å². The number of hydrogen-bond donors (Lipinski definition) is 0. The van der Waals surface area contributed by atoms with Crippen LogP contribution in [0, 0.1) is 5.92 Å². The average Bonchev–Trinajstić information content (AvgIpc) is 3.16. The SMILES string of the molecule is CC(C)S(=O)(=O)CC1CCN(C(=O)Cc2ccc(OC3CCCC3)cc2)CC1. The lowest BCUT2D eigenvalue weighted by molar-refractivity contribution is -0.131. The first-order valence-corrected chi connectivity index (χ1v) is 12.3. The molecular formula is C22H33NO4S. The van der Waals surface area contributed by atoms with Crippen LogP contribution in [-0.4, -0.2) is 49.4 Å². The number of carbonyl (C=O) groups excluding carboxylic acids is 1. The van der Waals surface area contributed by atoms with E-state index >= 15 is 0 Å². The molecule has 0 aromatic heterocycles. The summed E-state index contributed by atoms with van der Waals surface area (Å²) < 4.78 is 30.2. The number of benzene rings is 1. The van der Waals surface area contributed by atoms with E-state index in [9.17, 15) is 13.2 Å². The van der Waals surface area contributed by atoms with E-state index in [1.165, 1.54) is 12.8 Å². The van der Waals surface area contributed by atoms with Gasteiger partial charge in [-0.15, -0.1) is 0 Å². The van der Waals surface area contributed by atoms with E-state index < -0.39 is 9.84 Å². The molecule has 0 spiro atoms. The van der Waals surface area contributed by atoms with Crippen LogP contribution in [0.5, 0.6) is 5.75 Å². The predicted molar refractivity (Wildman–Crippen MR) is 111 cm³/mol. The Morgan fingerprint density at radius 2 is 1.68 bits per heavy atom. The molecule has 0 atom stereocenters. The number of rotatable bonds is 7. The molecule has 28 heavy (non-hydrogen) atoms. The zero-order valence-electron chi connectivity index (χ0n) is 17.1. The molecule has 2 fully saturated rings. The molecule has 1 saturated heterocycles. The topological polar surface area (TPSA) is 63.7 Å². The maximum Gasteiger partial charge on any atom is 0.226 e. The van der Waals surface area contributed by atoms with Crippen molar-refractivity contribution in [1.82, 2.24) is 4.90 Å². The Morgan fingerprint density at radius 3 is 2.25 bits per heavy atom. The molecule has 1 heterocycles. The van der Waals surface area contributed by atoms with Gasteiger partial charge in [0, 0.05) is 13.1 Å². The summed E-state index contributed by atoms with van der Waals surface area (Å²) in [4.78, 5) is 14.5. The van der Waals surface area contributed by atoms with E-state index in [1.807, 2.05) is 29.2 Å². The molecule has 1 aromatic carbocycles. The Bertz CT molecular complexity index is 743. The lowest BCUT2D eigenvalue weighted by atomic mass is 9.98. The average molecular weight is 408 g/mol. The fourth-order valence-corrected chi connectivity index (χ4v) is 5.42. The van der Waals surface area contributed by atoms with Crippen molar-refractivity contribution >= 4 is 15.7 Å². The lowest BCUT2D eigenvalue weighted by Crippen LogP contribution is -2.41. The summed E-state index contributed by atoms with van der Waals surface area (Å²) in [5, 5.41) is -0.326. The first-order valence-electron chi connectivity index (χ1n) is 10.6. The van der Waals surface area contributed by atoms with Crippen molar-refractivity contribution in [3.05, 3.63) is 29.8 Å². The highest BCUT2D eigenvalue weighted by Crippen LogP contribution is 2.25. The summed E-state index contributed by atoms with van der Waals surface area (Å²) >= 11 is 0. The van der Waals surface area contributed by atoms with Gasteiger partial charge in [0.15, 0.2) is 9.84 Å². The molecule has 5 nitrogen and oxygen atoms in total. The van der Waals surface area contributed by atoms with Crippen LogP contribution in [-0.2, 0) is 21.1 Å². The van der Waals surface area contributed by atoms with Crippen LogP contribution < -0.4 is 4.74 Å². The van der Waals surface area contributed by atoms with E-state index in [4.69, 9.17) is 4.74 Å². The summed E-state index contributed by atoms with van der Waals surface area (Å²) in [5.74, 6) is 1.42. The maximum atomic E-state index is 12.6. The number of carbonyl (C=O) groups is 1. The van der Waals surface area contributed by atoms with Gasteiger partial charge in [-0.3, -0.25) is 4.79 Å². The van der Waals surface area contributed by atoms with Gasteiger partial charge in [0.1, 0.15) is 5.75 Å². The second-order valence-electron chi connectivity index (χ2n) is 8.55. The van der Waals surface area contributed by atoms with Crippen LogP contribution in [0.25, 0.3) is 0 Å². The number of nitrogens with zero attached hydrogens (tertiary/aromatic N) is 1. The number of amides is 1. The summed E-state index contributed by atoms with van der Waals surface area (Å²) in [6.45, 7) is 4.77. The Hall–Kier alpha value is -1.56. The number of hydrogen-bond acceptors (Lipinski definition) is 4. The smallest absolute Gasteiger partial charge is 0.226 e. The molecule has 0 unspecified atom stereocenters. The van der Waals surface area contributed by atoms with Crippen LogP contribution in [0.1, 0.15) is 57.9 Å². The molecule has 1 aliphatic heterocycles. The molecule has 1 aliphatic carbocycles. The highest BCUT2D eigenvalue weighted by atomic mass is 32.2. The zero-order chi connectivity index (χ0) is 20.1. The second kappa shape index (κ2) is 9.29.